The molecule has 3 rings (SSSR count). The van der Waals surface area contributed by atoms with E-state index in [4.69, 9.17) is 5.26 Å². The van der Waals surface area contributed by atoms with E-state index in [0.29, 0.717) is 10.2 Å². The molecule has 0 amide bonds. The van der Waals surface area contributed by atoms with Gasteiger partial charge in [0.1, 0.15) is 11.1 Å². The maximum Gasteiger partial charge on any atom is 0.202 e. The Kier molecular flexibility index (Phi) is 2.63. The van der Waals surface area contributed by atoms with E-state index in [1.165, 1.54) is 18.0 Å². The molecule has 0 aliphatic heterocycles. The van der Waals surface area contributed by atoms with Crippen LogP contribution in [0.2, 0.25) is 0 Å². The van der Waals surface area contributed by atoms with Gasteiger partial charge in [-0.15, -0.1) is 10.2 Å². The fourth-order valence-electron chi connectivity index (χ4n) is 1.45. The fourth-order valence-corrected chi connectivity index (χ4v) is 2.27. The monoisotopic (exact) mass is 254 g/mol. The first-order valence-corrected chi connectivity index (χ1v) is 5.89. The van der Waals surface area contributed by atoms with Crippen LogP contribution < -0.4 is 0 Å². The van der Waals surface area contributed by atoms with E-state index in [1.807, 2.05) is 34.9 Å². The van der Waals surface area contributed by atoms with E-state index in [0.717, 1.165) is 5.65 Å². The second-order valence-corrected chi connectivity index (χ2v) is 4.29. The molecule has 0 spiro atoms. The molecule has 0 aliphatic carbocycles. The molecule has 0 fully saturated rings. The Morgan fingerprint density at radius 3 is 2.94 bits per heavy atom. The zero-order chi connectivity index (χ0) is 12.4. The lowest BCUT2D eigenvalue weighted by molar-refractivity contribution is 0.912. The molecule has 0 aromatic carbocycles. The van der Waals surface area contributed by atoms with Crippen LogP contribution in [-0.4, -0.2) is 24.6 Å². The van der Waals surface area contributed by atoms with Crippen molar-refractivity contribution < 1.29 is 0 Å². The summed E-state index contributed by atoms with van der Waals surface area (Å²) in [5, 5.41) is 18.2. The summed E-state index contributed by atoms with van der Waals surface area (Å²) >= 11 is 1.27. The lowest BCUT2D eigenvalue weighted by Crippen LogP contribution is -1.92. The number of rotatable bonds is 2. The van der Waals surface area contributed by atoms with E-state index >= 15 is 0 Å². The van der Waals surface area contributed by atoms with Crippen LogP contribution >= 0.6 is 11.8 Å². The molecular weight excluding hydrogens is 248 g/mol. The molecule has 0 aliphatic rings. The molecule has 3 heterocycles. The summed E-state index contributed by atoms with van der Waals surface area (Å²) < 4.78 is 1.83. The number of pyridine rings is 1. The molecule has 7 heteroatoms. The molecule has 0 bridgehead atoms. The van der Waals surface area contributed by atoms with E-state index in [2.05, 4.69) is 20.2 Å². The molecule has 0 saturated heterocycles. The van der Waals surface area contributed by atoms with Gasteiger partial charge >= 0.3 is 0 Å². The first kappa shape index (κ1) is 10.7. The molecular formula is C11H6N6S. The van der Waals surface area contributed by atoms with Crippen molar-refractivity contribution in [1.82, 2.24) is 24.6 Å². The lowest BCUT2D eigenvalue weighted by Gasteiger charge is -1.99. The zero-order valence-corrected chi connectivity index (χ0v) is 9.87. The van der Waals surface area contributed by atoms with E-state index in [9.17, 15) is 0 Å². The van der Waals surface area contributed by atoms with Crippen LogP contribution in [0.3, 0.4) is 0 Å². The van der Waals surface area contributed by atoms with Gasteiger partial charge in [-0.2, -0.15) is 5.26 Å². The third-order valence-corrected chi connectivity index (χ3v) is 3.19. The lowest BCUT2D eigenvalue weighted by atomic mass is 10.5. The van der Waals surface area contributed by atoms with Crippen LogP contribution in [0.5, 0.6) is 0 Å². The van der Waals surface area contributed by atoms with Crippen molar-refractivity contribution in [2.75, 3.05) is 0 Å². The predicted molar refractivity (Wildman–Crippen MR) is 63.9 cm³/mol. The molecule has 0 atom stereocenters. The SMILES string of the molecule is N#Cc1nccnc1Sc1nnc2ccccn12. The van der Waals surface area contributed by atoms with Crippen LogP contribution in [0.15, 0.2) is 47.0 Å². The third-order valence-electron chi connectivity index (χ3n) is 2.24. The topological polar surface area (TPSA) is 79.8 Å². The first-order chi connectivity index (χ1) is 8.88. The van der Waals surface area contributed by atoms with E-state index in [-0.39, 0.29) is 5.69 Å². The average molecular weight is 254 g/mol. The number of fused-ring (bicyclic) bond motifs is 1. The summed E-state index contributed by atoms with van der Waals surface area (Å²) in [5.41, 5.74) is 1.04. The Bertz CT molecular complexity index is 744. The number of nitriles is 1. The smallest absolute Gasteiger partial charge is 0.202 e. The summed E-state index contributed by atoms with van der Waals surface area (Å²) in [6, 6.07) is 7.65. The number of hydrogen-bond donors (Lipinski definition) is 0. The van der Waals surface area contributed by atoms with Crippen LogP contribution in [-0.2, 0) is 0 Å². The molecule has 0 N–H and O–H groups in total. The Morgan fingerprint density at radius 2 is 2.06 bits per heavy atom. The highest BCUT2D eigenvalue weighted by molar-refractivity contribution is 7.99. The van der Waals surface area contributed by atoms with Crippen LogP contribution in [0.1, 0.15) is 5.69 Å². The van der Waals surface area contributed by atoms with E-state index < -0.39 is 0 Å². The highest BCUT2D eigenvalue weighted by Gasteiger charge is 2.11. The molecule has 0 saturated carbocycles. The molecule has 3 aromatic heterocycles. The van der Waals surface area contributed by atoms with E-state index in [1.54, 1.807) is 6.20 Å². The minimum Gasteiger partial charge on any atom is -0.277 e. The molecule has 0 unspecified atom stereocenters. The van der Waals surface area contributed by atoms with Gasteiger partial charge in [-0.3, -0.25) is 4.40 Å². The summed E-state index contributed by atoms with van der Waals surface area (Å²) in [4.78, 5) is 8.08. The molecule has 6 nitrogen and oxygen atoms in total. The maximum atomic E-state index is 8.95. The Hall–Kier alpha value is -2.46. The quantitative estimate of drug-likeness (QED) is 0.690. The van der Waals surface area contributed by atoms with Gasteiger partial charge < -0.3 is 0 Å². The minimum absolute atomic E-state index is 0.287. The highest BCUT2D eigenvalue weighted by Crippen LogP contribution is 2.25. The minimum atomic E-state index is 0.287. The highest BCUT2D eigenvalue weighted by atomic mass is 32.2. The zero-order valence-electron chi connectivity index (χ0n) is 9.06. The summed E-state index contributed by atoms with van der Waals surface area (Å²) in [5.74, 6) is 0. The van der Waals surface area contributed by atoms with Gasteiger partial charge in [0.15, 0.2) is 11.3 Å². The van der Waals surface area contributed by atoms with Gasteiger partial charge in [-0.1, -0.05) is 6.07 Å². The second kappa shape index (κ2) is 4.43. The number of nitrogens with zero attached hydrogens (tertiary/aromatic N) is 6. The van der Waals surface area contributed by atoms with Crippen molar-refractivity contribution in [2.45, 2.75) is 10.2 Å². The molecule has 0 radical (unpaired) electrons. The van der Waals surface area contributed by atoms with Crippen LogP contribution in [0.25, 0.3) is 5.65 Å². The van der Waals surface area contributed by atoms with Crippen molar-refractivity contribution in [1.29, 1.82) is 5.26 Å². The molecule has 86 valence electrons. The van der Waals surface area contributed by atoms with Crippen molar-refractivity contribution in [3.8, 4) is 6.07 Å². The Morgan fingerprint density at radius 1 is 1.17 bits per heavy atom. The van der Waals surface area contributed by atoms with Crippen LogP contribution in [0.4, 0.5) is 0 Å². The summed E-state index contributed by atoms with van der Waals surface area (Å²) in [6.07, 6.45) is 4.90. The van der Waals surface area contributed by atoms with Gasteiger partial charge in [-0.05, 0) is 23.9 Å². The first-order valence-electron chi connectivity index (χ1n) is 5.07. The van der Waals surface area contributed by atoms with Crippen molar-refractivity contribution in [3.63, 3.8) is 0 Å². The van der Waals surface area contributed by atoms with Crippen molar-refractivity contribution in [2.24, 2.45) is 0 Å². The largest absolute Gasteiger partial charge is 0.277 e. The van der Waals surface area contributed by atoms with Gasteiger partial charge in [0.25, 0.3) is 0 Å². The average Bonchev–Trinajstić information content (AvgIpc) is 2.83. The van der Waals surface area contributed by atoms with Gasteiger partial charge in [0.2, 0.25) is 5.16 Å². The van der Waals surface area contributed by atoms with Gasteiger partial charge in [-0.25, -0.2) is 9.97 Å². The fraction of sp³-hybridized carbons (Fsp3) is 0. The maximum absolute atomic E-state index is 8.95. The molecule has 18 heavy (non-hydrogen) atoms. The standard InChI is InChI=1S/C11H6N6S/c12-7-8-10(14-5-4-13-8)18-11-16-15-9-3-1-2-6-17(9)11/h1-6H. The Labute approximate surface area is 106 Å². The normalized spacial score (nSPS) is 10.4. The summed E-state index contributed by atoms with van der Waals surface area (Å²) in [7, 11) is 0. The number of aromatic nitrogens is 5. The number of hydrogen-bond acceptors (Lipinski definition) is 6. The molecule has 3 aromatic rings. The van der Waals surface area contributed by atoms with Crippen molar-refractivity contribution >= 4 is 17.4 Å². The summed E-state index contributed by atoms with van der Waals surface area (Å²) in [6.45, 7) is 0. The third kappa shape index (κ3) is 1.78. The van der Waals surface area contributed by atoms with Crippen LogP contribution in [0, 0.1) is 11.3 Å². The van der Waals surface area contributed by atoms with Crippen molar-refractivity contribution in [3.05, 3.63) is 42.5 Å². The second-order valence-electron chi connectivity index (χ2n) is 3.34. The Balaban J connectivity index is 2.05. The predicted octanol–water partition coefficient (Wildman–Crippen LogP) is 1.54. The van der Waals surface area contributed by atoms with Gasteiger partial charge in [0.05, 0.1) is 0 Å². The van der Waals surface area contributed by atoms with Gasteiger partial charge in [0, 0.05) is 18.6 Å².